The maximum atomic E-state index is 13.3. The number of rotatable bonds is 5. The van der Waals surface area contributed by atoms with Crippen LogP contribution in [0.15, 0.2) is 83.7 Å². The lowest BCUT2D eigenvalue weighted by molar-refractivity contribution is -0.00716. The van der Waals surface area contributed by atoms with Crippen LogP contribution in [0.3, 0.4) is 0 Å². The zero-order chi connectivity index (χ0) is 22.0. The number of benzene rings is 3. The van der Waals surface area contributed by atoms with E-state index in [1.54, 1.807) is 11.6 Å². The Hall–Kier alpha value is -3.24. The minimum absolute atomic E-state index is 0.0895. The Morgan fingerprint density at radius 3 is 2.16 bits per heavy atom. The number of ether oxygens (including phenoxy) is 1. The van der Waals surface area contributed by atoms with E-state index in [0.717, 1.165) is 27.7 Å². The predicted molar refractivity (Wildman–Crippen MR) is 126 cm³/mol. The number of hydrogen-bond acceptors (Lipinski definition) is 3. The third-order valence-electron chi connectivity index (χ3n) is 5.44. The molecule has 1 heterocycles. The van der Waals surface area contributed by atoms with Crippen LogP contribution < -0.4 is 5.56 Å². The molecule has 1 atom stereocenters. The van der Waals surface area contributed by atoms with Gasteiger partial charge in [0, 0.05) is 7.05 Å². The number of aryl methyl sites for hydroxylation is 1. The number of nitrogens with zero attached hydrogens (tertiary/aromatic N) is 2. The fraction of sp³-hybridized carbons (Fsp3) is 0.259. The number of para-hydroxylation sites is 2. The number of aromatic nitrogens is 2. The summed E-state index contributed by atoms with van der Waals surface area (Å²) in [6, 6.07) is 26.3. The van der Waals surface area contributed by atoms with E-state index in [1.165, 1.54) is 0 Å². The molecule has 0 saturated carbocycles. The highest BCUT2D eigenvalue weighted by molar-refractivity contribution is 5.74. The van der Waals surface area contributed by atoms with Crippen LogP contribution in [-0.2, 0) is 11.8 Å². The largest absolute Gasteiger partial charge is 0.375 e. The van der Waals surface area contributed by atoms with E-state index in [9.17, 15) is 4.79 Å². The Morgan fingerprint density at radius 2 is 1.48 bits per heavy atom. The molecule has 0 amide bonds. The van der Waals surface area contributed by atoms with Crippen molar-refractivity contribution in [1.82, 2.24) is 9.55 Å². The number of fused-ring (bicyclic) bond motifs is 1. The monoisotopic (exact) mass is 412 g/mol. The highest BCUT2D eigenvalue weighted by atomic mass is 16.5. The molecule has 0 aliphatic carbocycles. The maximum absolute atomic E-state index is 13.3. The summed E-state index contributed by atoms with van der Waals surface area (Å²) >= 11 is 0. The Labute approximate surface area is 183 Å². The van der Waals surface area contributed by atoms with Gasteiger partial charge in [-0.1, -0.05) is 66.7 Å². The van der Waals surface area contributed by atoms with Gasteiger partial charge < -0.3 is 9.30 Å². The lowest BCUT2D eigenvalue weighted by Gasteiger charge is -2.25. The second-order valence-electron chi connectivity index (χ2n) is 8.81. The van der Waals surface area contributed by atoms with Gasteiger partial charge >= 0.3 is 0 Å². The van der Waals surface area contributed by atoms with Gasteiger partial charge in [-0.3, -0.25) is 4.79 Å². The van der Waals surface area contributed by atoms with Crippen molar-refractivity contribution in [2.75, 3.05) is 6.61 Å². The van der Waals surface area contributed by atoms with E-state index in [0.29, 0.717) is 12.3 Å². The molecule has 4 nitrogen and oxygen atoms in total. The summed E-state index contributed by atoms with van der Waals surface area (Å²) in [5.74, 6) is -0.257. The van der Waals surface area contributed by atoms with Crippen molar-refractivity contribution in [2.24, 2.45) is 7.05 Å². The highest BCUT2D eigenvalue weighted by Gasteiger charge is 2.24. The molecule has 158 valence electrons. The molecule has 4 rings (SSSR count). The molecule has 1 unspecified atom stereocenters. The van der Waals surface area contributed by atoms with Crippen LogP contribution in [0.1, 0.15) is 37.9 Å². The standard InChI is InChI=1S/C27H28N2O2/c1-27(2,3)31-18-22(21-16-14-20(15-17-21)19-10-6-5-7-11-19)25-26(30)29(4)24-13-9-8-12-23(24)28-25/h5-17,22H,18H2,1-4H3. The normalized spacial score (nSPS) is 12.8. The summed E-state index contributed by atoms with van der Waals surface area (Å²) in [5.41, 5.74) is 5.06. The average Bonchev–Trinajstić information content (AvgIpc) is 2.77. The fourth-order valence-electron chi connectivity index (χ4n) is 3.73. The molecule has 1 aromatic heterocycles. The van der Waals surface area contributed by atoms with Gasteiger partial charge in [-0.15, -0.1) is 0 Å². The van der Waals surface area contributed by atoms with E-state index in [2.05, 4.69) is 36.4 Å². The average molecular weight is 413 g/mol. The molecular formula is C27H28N2O2. The molecule has 0 fully saturated rings. The summed E-state index contributed by atoms with van der Waals surface area (Å²) in [7, 11) is 1.80. The highest BCUT2D eigenvalue weighted by Crippen LogP contribution is 2.28. The van der Waals surface area contributed by atoms with Crippen molar-refractivity contribution < 1.29 is 4.74 Å². The molecule has 0 radical (unpaired) electrons. The topological polar surface area (TPSA) is 44.1 Å². The second kappa shape index (κ2) is 8.48. The summed E-state index contributed by atoms with van der Waals surface area (Å²) in [6.07, 6.45) is 0. The number of hydrogen-bond donors (Lipinski definition) is 0. The lowest BCUT2D eigenvalue weighted by Crippen LogP contribution is -2.30. The SMILES string of the molecule is Cn1c(=O)c(C(COC(C)(C)C)c2ccc(-c3ccccc3)cc2)nc2ccccc21. The molecule has 4 aromatic rings. The quantitative estimate of drug-likeness (QED) is 0.432. The van der Waals surface area contributed by atoms with Crippen LogP contribution in [0.5, 0.6) is 0 Å². The summed E-state index contributed by atoms with van der Waals surface area (Å²) in [5, 5.41) is 0. The van der Waals surface area contributed by atoms with Crippen LogP contribution in [-0.4, -0.2) is 21.8 Å². The smallest absolute Gasteiger partial charge is 0.273 e. The van der Waals surface area contributed by atoms with Gasteiger partial charge in [-0.05, 0) is 49.6 Å². The molecule has 0 N–H and O–H groups in total. The summed E-state index contributed by atoms with van der Waals surface area (Å²) < 4.78 is 7.81. The second-order valence-corrected chi connectivity index (χ2v) is 8.81. The van der Waals surface area contributed by atoms with Crippen LogP contribution >= 0.6 is 0 Å². The van der Waals surface area contributed by atoms with E-state index >= 15 is 0 Å². The van der Waals surface area contributed by atoms with Crippen LogP contribution in [0, 0.1) is 0 Å². The lowest BCUT2D eigenvalue weighted by atomic mass is 9.93. The third-order valence-corrected chi connectivity index (χ3v) is 5.44. The Bertz CT molecular complexity index is 1240. The van der Waals surface area contributed by atoms with Gasteiger partial charge in [-0.25, -0.2) is 4.98 Å². The molecule has 4 heteroatoms. The van der Waals surface area contributed by atoms with Gasteiger partial charge in [0.2, 0.25) is 0 Å². The van der Waals surface area contributed by atoms with Crippen molar-refractivity contribution in [1.29, 1.82) is 0 Å². The van der Waals surface area contributed by atoms with Crippen molar-refractivity contribution >= 4 is 11.0 Å². The van der Waals surface area contributed by atoms with Crippen LogP contribution in [0.2, 0.25) is 0 Å². The Morgan fingerprint density at radius 1 is 0.871 bits per heavy atom. The molecule has 0 aliphatic heterocycles. The van der Waals surface area contributed by atoms with Crippen molar-refractivity contribution in [3.8, 4) is 11.1 Å². The fourth-order valence-corrected chi connectivity index (χ4v) is 3.73. The minimum Gasteiger partial charge on any atom is -0.375 e. The molecule has 31 heavy (non-hydrogen) atoms. The summed E-state index contributed by atoms with van der Waals surface area (Å²) in [4.78, 5) is 18.0. The first-order chi connectivity index (χ1) is 14.8. The zero-order valence-corrected chi connectivity index (χ0v) is 18.5. The van der Waals surface area contributed by atoms with E-state index < -0.39 is 0 Å². The first-order valence-electron chi connectivity index (χ1n) is 10.6. The van der Waals surface area contributed by atoms with Gasteiger partial charge in [0.25, 0.3) is 5.56 Å². The van der Waals surface area contributed by atoms with Gasteiger partial charge in [0.15, 0.2) is 0 Å². The third kappa shape index (κ3) is 4.59. The molecule has 0 saturated heterocycles. The van der Waals surface area contributed by atoms with Crippen molar-refractivity contribution in [3.63, 3.8) is 0 Å². The molecule has 0 bridgehead atoms. The molecular weight excluding hydrogens is 384 g/mol. The van der Waals surface area contributed by atoms with Crippen LogP contribution in [0.25, 0.3) is 22.2 Å². The maximum Gasteiger partial charge on any atom is 0.273 e. The van der Waals surface area contributed by atoms with Gasteiger partial charge in [-0.2, -0.15) is 0 Å². The van der Waals surface area contributed by atoms with E-state index in [1.807, 2.05) is 63.2 Å². The van der Waals surface area contributed by atoms with E-state index in [-0.39, 0.29) is 17.1 Å². The Kier molecular flexibility index (Phi) is 5.75. The minimum atomic E-state index is -0.315. The molecule has 0 spiro atoms. The molecule has 3 aromatic carbocycles. The van der Waals surface area contributed by atoms with Crippen molar-refractivity contribution in [3.05, 3.63) is 100 Å². The first-order valence-corrected chi connectivity index (χ1v) is 10.6. The zero-order valence-electron chi connectivity index (χ0n) is 18.5. The van der Waals surface area contributed by atoms with E-state index in [4.69, 9.17) is 9.72 Å². The van der Waals surface area contributed by atoms with Gasteiger partial charge in [0.1, 0.15) is 5.69 Å². The first kappa shape index (κ1) is 21.0. The molecule has 0 aliphatic rings. The van der Waals surface area contributed by atoms with Crippen molar-refractivity contribution in [2.45, 2.75) is 32.3 Å². The summed E-state index contributed by atoms with van der Waals surface area (Å²) in [6.45, 7) is 6.45. The predicted octanol–water partition coefficient (Wildman–Crippen LogP) is 5.55. The Balaban J connectivity index is 1.79. The van der Waals surface area contributed by atoms with Gasteiger partial charge in [0.05, 0.1) is 29.2 Å². The van der Waals surface area contributed by atoms with Crippen LogP contribution in [0.4, 0.5) is 0 Å².